The van der Waals surface area contributed by atoms with Crippen molar-refractivity contribution >= 4 is 40.3 Å². The predicted octanol–water partition coefficient (Wildman–Crippen LogP) is 4.66. The first-order chi connectivity index (χ1) is 20.4. The molecule has 4 amide bonds. The summed E-state index contributed by atoms with van der Waals surface area (Å²) in [5.41, 5.74) is 2.96. The molecule has 0 fully saturated rings. The monoisotopic (exact) mass is 584 g/mol. The van der Waals surface area contributed by atoms with Crippen molar-refractivity contribution in [2.24, 2.45) is 0 Å². The molecule has 0 bridgehead atoms. The standard InChI is InChI=1S/C34H40N4O5/c1-20(25-16-10-12-22-11-7-8-15-26(22)25)35-31(40)28-19-24-14-9-13-23-17-18-27(32(41)38(28)29(23)24)36-30(39)21(2)37(6)33(42)43-34(3,4)5/h7-16,20-21,27-28H,17-19H2,1-6H3,(H,35,40)(H,36,39)/t20-,21-,27+,28+/m1/s1. The van der Waals surface area contributed by atoms with Gasteiger partial charge in [0.05, 0.1) is 11.7 Å². The summed E-state index contributed by atoms with van der Waals surface area (Å²) in [6, 6.07) is 17.2. The van der Waals surface area contributed by atoms with Crippen molar-refractivity contribution in [2.45, 2.75) is 83.6 Å². The van der Waals surface area contributed by atoms with E-state index in [2.05, 4.69) is 10.6 Å². The van der Waals surface area contributed by atoms with Crippen molar-refractivity contribution < 1.29 is 23.9 Å². The fraction of sp³-hybridized carbons (Fsp3) is 0.412. The Morgan fingerprint density at radius 1 is 0.977 bits per heavy atom. The van der Waals surface area contributed by atoms with Crippen LogP contribution in [0.15, 0.2) is 60.7 Å². The van der Waals surface area contributed by atoms with Crippen molar-refractivity contribution in [2.75, 3.05) is 11.9 Å². The van der Waals surface area contributed by atoms with E-state index in [1.54, 1.807) is 32.6 Å². The van der Waals surface area contributed by atoms with Crippen LogP contribution in [0.2, 0.25) is 0 Å². The number of hydrogen-bond donors (Lipinski definition) is 2. The summed E-state index contributed by atoms with van der Waals surface area (Å²) in [4.78, 5) is 56.6. The molecule has 0 radical (unpaired) electrons. The molecular weight excluding hydrogens is 544 g/mol. The molecule has 9 heteroatoms. The second-order valence-electron chi connectivity index (χ2n) is 12.5. The van der Waals surface area contributed by atoms with E-state index in [0.717, 1.165) is 33.2 Å². The number of para-hydroxylation sites is 1. The summed E-state index contributed by atoms with van der Waals surface area (Å²) in [7, 11) is 1.49. The smallest absolute Gasteiger partial charge is 0.410 e. The van der Waals surface area contributed by atoms with Crippen LogP contribution in [0.25, 0.3) is 10.8 Å². The molecule has 5 rings (SSSR count). The van der Waals surface area contributed by atoms with Gasteiger partial charge in [0, 0.05) is 13.5 Å². The molecular formula is C34H40N4O5. The van der Waals surface area contributed by atoms with E-state index in [9.17, 15) is 19.2 Å². The number of rotatable bonds is 6. The van der Waals surface area contributed by atoms with Crippen molar-refractivity contribution in [1.82, 2.24) is 15.5 Å². The fourth-order valence-corrected chi connectivity index (χ4v) is 5.95. The summed E-state index contributed by atoms with van der Waals surface area (Å²) in [5.74, 6) is -1.05. The highest BCUT2D eigenvalue weighted by molar-refractivity contribution is 6.08. The van der Waals surface area contributed by atoms with E-state index >= 15 is 0 Å². The fourth-order valence-electron chi connectivity index (χ4n) is 5.95. The molecule has 2 aliphatic heterocycles. The van der Waals surface area contributed by atoms with E-state index in [1.165, 1.54) is 11.9 Å². The van der Waals surface area contributed by atoms with E-state index < -0.39 is 35.7 Å². The third kappa shape index (κ3) is 6.07. The van der Waals surface area contributed by atoms with Crippen LogP contribution in [-0.4, -0.2) is 59.5 Å². The third-order valence-electron chi connectivity index (χ3n) is 8.32. The van der Waals surface area contributed by atoms with Crippen LogP contribution >= 0.6 is 0 Å². The Balaban J connectivity index is 1.35. The van der Waals surface area contributed by atoms with Gasteiger partial charge in [0.1, 0.15) is 23.7 Å². The number of fused-ring (bicyclic) bond motifs is 1. The highest BCUT2D eigenvalue weighted by Crippen LogP contribution is 2.39. The number of aryl methyl sites for hydroxylation is 1. The van der Waals surface area contributed by atoms with Gasteiger partial charge in [0.25, 0.3) is 0 Å². The number of hydrogen-bond acceptors (Lipinski definition) is 5. The molecule has 0 aliphatic carbocycles. The molecule has 2 aliphatic rings. The molecule has 9 nitrogen and oxygen atoms in total. The van der Waals surface area contributed by atoms with Gasteiger partial charge in [-0.1, -0.05) is 60.7 Å². The maximum absolute atomic E-state index is 14.1. The molecule has 2 N–H and O–H groups in total. The van der Waals surface area contributed by atoms with Gasteiger partial charge in [-0.05, 0) is 74.9 Å². The van der Waals surface area contributed by atoms with Gasteiger partial charge in [0.15, 0.2) is 0 Å². The average molecular weight is 585 g/mol. The lowest BCUT2D eigenvalue weighted by molar-refractivity contribution is -0.131. The molecule has 3 aromatic rings. The maximum atomic E-state index is 14.1. The molecule has 226 valence electrons. The first kappa shape index (κ1) is 30.1. The normalized spacial score (nSPS) is 19.2. The van der Waals surface area contributed by atoms with Crippen LogP contribution in [0.3, 0.4) is 0 Å². The highest BCUT2D eigenvalue weighted by Gasteiger charge is 2.44. The van der Waals surface area contributed by atoms with E-state index in [0.29, 0.717) is 19.3 Å². The summed E-state index contributed by atoms with van der Waals surface area (Å²) >= 11 is 0. The zero-order valence-electron chi connectivity index (χ0n) is 25.6. The Morgan fingerprint density at radius 2 is 1.65 bits per heavy atom. The van der Waals surface area contributed by atoms with Crippen LogP contribution in [0, 0.1) is 0 Å². The Labute approximate surface area is 252 Å². The first-order valence-corrected chi connectivity index (χ1v) is 14.8. The molecule has 0 saturated carbocycles. The van der Waals surface area contributed by atoms with Gasteiger partial charge >= 0.3 is 6.09 Å². The summed E-state index contributed by atoms with van der Waals surface area (Å²) < 4.78 is 5.40. The van der Waals surface area contributed by atoms with Gasteiger partial charge in [-0.15, -0.1) is 0 Å². The van der Waals surface area contributed by atoms with Crippen molar-refractivity contribution in [3.8, 4) is 0 Å². The molecule has 0 saturated heterocycles. The van der Waals surface area contributed by atoms with Gasteiger partial charge in [-0.25, -0.2) is 4.79 Å². The van der Waals surface area contributed by atoms with Crippen LogP contribution in [0.4, 0.5) is 10.5 Å². The molecule has 4 atom stereocenters. The zero-order chi connectivity index (χ0) is 31.1. The molecule has 0 aromatic heterocycles. The number of benzene rings is 3. The largest absolute Gasteiger partial charge is 0.444 e. The molecule has 2 heterocycles. The maximum Gasteiger partial charge on any atom is 0.410 e. The predicted molar refractivity (Wildman–Crippen MR) is 166 cm³/mol. The highest BCUT2D eigenvalue weighted by atomic mass is 16.6. The number of carbonyl (C=O) groups excluding carboxylic acids is 4. The number of nitrogens with one attached hydrogen (secondary N) is 2. The van der Waals surface area contributed by atoms with Gasteiger partial charge in [0.2, 0.25) is 17.7 Å². The van der Waals surface area contributed by atoms with Gasteiger partial charge in [-0.3, -0.25) is 24.2 Å². The lowest BCUT2D eigenvalue weighted by Crippen LogP contribution is -2.57. The lowest BCUT2D eigenvalue weighted by atomic mass is 9.99. The van der Waals surface area contributed by atoms with E-state index in [-0.39, 0.29) is 17.9 Å². The van der Waals surface area contributed by atoms with Crippen molar-refractivity contribution in [3.05, 3.63) is 77.4 Å². The molecule has 0 unspecified atom stereocenters. The van der Waals surface area contributed by atoms with Crippen LogP contribution in [0.5, 0.6) is 0 Å². The third-order valence-corrected chi connectivity index (χ3v) is 8.32. The minimum atomic E-state index is -0.872. The average Bonchev–Trinajstić information content (AvgIpc) is 3.31. The topological polar surface area (TPSA) is 108 Å². The first-order valence-electron chi connectivity index (χ1n) is 14.8. The SMILES string of the molecule is C[C@H](C(=O)N[C@H]1CCc2cccc3c2N(C1=O)[C@H](C(=O)N[C@H](C)c1cccc2ccccc12)C3)N(C)C(=O)OC(C)(C)C. The number of carbonyl (C=O) groups is 4. The zero-order valence-corrected chi connectivity index (χ0v) is 25.6. The van der Waals surface area contributed by atoms with Crippen molar-refractivity contribution in [3.63, 3.8) is 0 Å². The molecule has 43 heavy (non-hydrogen) atoms. The number of nitrogens with zero attached hydrogens (tertiary/aromatic N) is 2. The Kier molecular flexibility index (Phi) is 8.18. The quantitative estimate of drug-likeness (QED) is 0.438. The minimum Gasteiger partial charge on any atom is -0.444 e. The Bertz CT molecular complexity index is 1570. The van der Waals surface area contributed by atoms with Crippen LogP contribution in [0.1, 0.15) is 63.8 Å². The van der Waals surface area contributed by atoms with E-state index in [1.807, 2.05) is 67.6 Å². The number of ether oxygens (including phenoxy) is 1. The second kappa shape index (κ2) is 11.7. The summed E-state index contributed by atoms with van der Waals surface area (Å²) in [6.45, 7) is 8.80. The second-order valence-corrected chi connectivity index (χ2v) is 12.5. The minimum absolute atomic E-state index is 0.249. The Hall–Kier alpha value is -4.40. The molecule has 0 spiro atoms. The van der Waals surface area contributed by atoms with E-state index in [4.69, 9.17) is 4.74 Å². The number of likely N-dealkylation sites (N-methyl/N-ethyl adjacent to an activating group) is 1. The lowest BCUT2D eigenvalue weighted by Gasteiger charge is -2.31. The van der Waals surface area contributed by atoms with Gasteiger partial charge in [-0.2, -0.15) is 0 Å². The van der Waals surface area contributed by atoms with Crippen molar-refractivity contribution in [1.29, 1.82) is 0 Å². The molecule has 3 aromatic carbocycles. The number of anilines is 1. The van der Waals surface area contributed by atoms with Crippen LogP contribution < -0.4 is 15.5 Å². The Morgan fingerprint density at radius 3 is 2.40 bits per heavy atom. The summed E-state index contributed by atoms with van der Waals surface area (Å²) in [6.07, 6.45) is 0.701. The van der Waals surface area contributed by atoms with Gasteiger partial charge < -0.3 is 15.4 Å². The van der Waals surface area contributed by atoms with Crippen LogP contribution in [-0.2, 0) is 32.0 Å². The number of amides is 4. The summed E-state index contributed by atoms with van der Waals surface area (Å²) in [5, 5.41) is 8.17.